The second-order valence-corrected chi connectivity index (χ2v) is 6.81. The highest BCUT2D eigenvalue weighted by Gasteiger charge is 2.32. The molecule has 0 atom stereocenters. The van der Waals surface area contributed by atoms with Crippen LogP contribution in [-0.2, 0) is 19.2 Å². The van der Waals surface area contributed by atoms with Gasteiger partial charge in [0.25, 0.3) is 11.8 Å². The average molecular weight is 326 g/mol. The third-order valence-electron chi connectivity index (χ3n) is 2.62. The lowest BCUT2D eigenvalue weighted by Crippen LogP contribution is -2.32. The second kappa shape index (κ2) is 7.46. The van der Waals surface area contributed by atoms with Crippen LogP contribution < -0.4 is 0 Å². The Balaban J connectivity index is 1.66. The normalized spacial score (nSPS) is 14.6. The van der Waals surface area contributed by atoms with Crippen molar-refractivity contribution < 1.29 is 19.2 Å². The minimum atomic E-state index is -0.580. The molecule has 0 saturated carbocycles. The number of carbonyl (C=O) groups is 3. The first-order valence-corrected chi connectivity index (χ1v) is 8.67. The number of aryl methyl sites for hydroxylation is 1. The van der Waals surface area contributed by atoms with Crippen molar-refractivity contribution in [3.05, 3.63) is 23.9 Å². The predicted octanol–water partition coefficient (Wildman–Crippen LogP) is 2.13. The highest BCUT2D eigenvalue weighted by Crippen LogP contribution is 2.29. The molecule has 1 saturated heterocycles. The lowest BCUT2D eigenvalue weighted by molar-refractivity contribution is -0.197. The van der Waals surface area contributed by atoms with Crippen molar-refractivity contribution in [2.24, 2.45) is 0 Å². The topological polar surface area (TPSA) is 76.6 Å². The van der Waals surface area contributed by atoms with Gasteiger partial charge in [-0.15, -0.1) is 5.06 Å². The van der Waals surface area contributed by atoms with E-state index in [2.05, 4.69) is 4.98 Å². The summed E-state index contributed by atoms with van der Waals surface area (Å²) < 4.78 is 0. The minimum absolute atomic E-state index is 0.107. The second-order valence-electron chi connectivity index (χ2n) is 4.37. The molecule has 0 aromatic carbocycles. The largest absolute Gasteiger partial charge is 0.334 e. The molecule has 1 aromatic rings. The molecule has 1 aromatic heterocycles. The highest BCUT2D eigenvalue weighted by atomic mass is 33.1. The number of imide groups is 1. The summed E-state index contributed by atoms with van der Waals surface area (Å²) in [6.45, 7) is 1.96. The molecule has 0 spiro atoms. The van der Waals surface area contributed by atoms with Crippen LogP contribution in [0, 0.1) is 6.92 Å². The van der Waals surface area contributed by atoms with Gasteiger partial charge in [0.05, 0.1) is 6.42 Å². The van der Waals surface area contributed by atoms with Gasteiger partial charge in [-0.2, -0.15) is 0 Å². The van der Waals surface area contributed by atoms with Crippen LogP contribution >= 0.6 is 21.6 Å². The molecule has 0 unspecified atom stereocenters. The smallest absolute Gasteiger partial charge is 0.330 e. The Morgan fingerprint density at radius 3 is 2.67 bits per heavy atom. The first kappa shape index (κ1) is 15.8. The maximum atomic E-state index is 11.5. The lowest BCUT2D eigenvalue weighted by atomic mass is 10.3. The van der Waals surface area contributed by atoms with Gasteiger partial charge in [0, 0.05) is 24.8 Å². The van der Waals surface area contributed by atoms with Crippen LogP contribution in [0.15, 0.2) is 23.4 Å². The number of hydroxylamine groups is 2. The van der Waals surface area contributed by atoms with E-state index in [1.54, 1.807) is 6.20 Å². The van der Waals surface area contributed by atoms with E-state index in [4.69, 9.17) is 4.84 Å². The first-order chi connectivity index (χ1) is 10.1. The minimum Gasteiger partial charge on any atom is -0.330 e. The van der Waals surface area contributed by atoms with Gasteiger partial charge in [0.2, 0.25) is 0 Å². The molecule has 2 heterocycles. The molecule has 2 amide bonds. The lowest BCUT2D eigenvalue weighted by Gasteiger charge is -2.12. The van der Waals surface area contributed by atoms with Crippen molar-refractivity contribution in [1.29, 1.82) is 0 Å². The van der Waals surface area contributed by atoms with Gasteiger partial charge in [-0.25, -0.2) is 9.78 Å². The van der Waals surface area contributed by atoms with E-state index >= 15 is 0 Å². The SMILES string of the molecule is Cc1ccc(SSCCC(=O)ON2C(=O)CCC2=O)nc1. The molecular formula is C13H14N2O4S2. The van der Waals surface area contributed by atoms with Crippen LogP contribution in [0.1, 0.15) is 24.8 Å². The van der Waals surface area contributed by atoms with Gasteiger partial charge in [0.15, 0.2) is 0 Å². The van der Waals surface area contributed by atoms with Gasteiger partial charge in [-0.3, -0.25) is 9.59 Å². The van der Waals surface area contributed by atoms with E-state index < -0.39 is 17.8 Å². The fourth-order valence-corrected chi connectivity index (χ4v) is 3.37. The van der Waals surface area contributed by atoms with Gasteiger partial charge in [0.1, 0.15) is 5.03 Å². The molecular weight excluding hydrogens is 312 g/mol. The number of carbonyl (C=O) groups excluding carboxylic acids is 3. The summed E-state index contributed by atoms with van der Waals surface area (Å²) in [5.41, 5.74) is 1.09. The van der Waals surface area contributed by atoms with E-state index in [0.717, 1.165) is 10.6 Å². The fraction of sp³-hybridized carbons (Fsp3) is 0.385. The van der Waals surface area contributed by atoms with Crippen LogP contribution in [0.4, 0.5) is 0 Å². The summed E-state index contributed by atoms with van der Waals surface area (Å²) in [4.78, 5) is 43.1. The number of rotatable bonds is 6. The quantitative estimate of drug-likeness (QED) is 0.450. The average Bonchev–Trinajstić information content (AvgIpc) is 2.77. The molecule has 0 radical (unpaired) electrons. The van der Waals surface area contributed by atoms with Crippen LogP contribution in [-0.4, -0.2) is 33.6 Å². The summed E-state index contributed by atoms with van der Waals surface area (Å²) in [5, 5.41) is 1.44. The molecule has 8 heteroatoms. The van der Waals surface area contributed by atoms with Gasteiger partial charge >= 0.3 is 5.97 Å². The zero-order valence-electron chi connectivity index (χ0n) is 11.4. The molecule has 0 aliphatic carbocycles. The van der Waals surface area contributed by atoms with Crippen molar-refractivity contribution >= 4 is 39.4 Å². The van der Waals surface area contributed by atoms with Crippen LogP contribution in [0.3, 0.4) is 0 Å². The zero-order valence-corrected chi connectivity index (χ0v) is 13.0. The standard InChI is InChI=1S/C13H14N2O4S2/c1-9-2-3-10(14-8-9)21-20-7-6-13(18)19-15-11(16)4-5-12(15)17/h2-3,8H,4-7H2,1H3. The molecule has 1 fully saturated rings. The fourth-order valence-electron chi connectivity index (χ4n) is 1.54. The third kappa shape index (κ3) is 4.75. The molecule has 2 rings (SSSR count). The number of hydrogen-bond acceptors (Lipinski definition) is 7. The van der Waals surface area contributed by atoms with Crippen LogP contribution in [0.5, 0.6) is 0 Å². The summed E-state index contributed by atoms with van der Waals surface area (Å²) in [6.07, 6.45) is 2.12. The van der Waals surface area contributed by atoms with E-state index in [1.165, 1.54) is 21.6 Å². The summed E-state index contributed by atoms with van der Waals surface area (Å²) >= 11 is 0. The van der Waals surface area contributed by atoms with Crippen LogP contribution in [0.25, 0.3) is 0 Å². The Morgan fingerprint density at radius 1 is 1.33 bits per heavy atom. The first-order valence-electron chi connectivity index (χ1n) is 6.35. The van der Waals surface area contributed by atoms with E-state index in [1.807, 2.05) is 19.1 Å². The third-order valence-corrected chi connectivity index (χ3v) is 4.88. The Morgan fingerprint density at radius 2 is 2.05 bits per heavy atom. The summed E-state index contributed by atoms with van der Waals surface area (Å²) in [6, 6.07) is 3.88. The van der Waals surface area contributed by atoms with Gasteiger partial charge in [-0.1, -0.05) is 16.9 Å². The summed E-state index contributed by atoms with van der Waals surface area (Å²) in [5.74, 6) is -0.989. The van der Waals surface area contributed by atoms with Crippen molar-refractivity contribution in [3.63, 3.8) is 0 Å². The predicted molar refractivity (Wildman–Crippen MR) is 79.1 cm³/mol. The number of aromatic nitrogens is 1. The van der Waals surface area contributed by atoms with Crippen molar-refractivity contribution in [3.8, 4) is 0 Å². The van der Waals surface area contributed by atoms with Gasteiger partial charge in [-0.05, 0) is 29.3 Å². The van der Waals surface area contributed by atoms with Gasteiger partial charge < -0.3 is 4.84 Å². The molecule has 0 bridgehead atoms. The highest BCUT2D eigenvalue weighted by molar-refractivity contribution is 8.76. The molecule has 112 valence electrons. The molecule has 21 heavy (non-hydrogen) atoms. The van der Waals surface area contributed by atoms with Crippen molar-refractivity contribution in [1.82, 2.24) is 10.0 Å². The van der Waals surface area contributed by atoms with E-state index in [9.17, 15) is 14.4 Å². The molecule has 6 nitrogen and oxygen atoms in total. The number of pyridine rings is 1. The number of nitrogens with zero attached hydrogens (tertiary/aromatic N) is 2. The Kier molecular flexibility index (Phi) is 5.63. The number of hydrogen-bond donors (Lipinski definition) is 0. The summed E-state index contributed by atoms with van der Waals surface area (Å²) in [7, 11) is 2.93. The Hall–Kier alpha value is -1.54. The van der Waals surface area contributed by atoms with E-state index in [0.29, 0.717) is 10.8 Å². The van der Waals surface area contributed by atoms with Crippen molar-refractivity contribution in [2.45, 2.75) is 31.2 Å². The Labute approximate surface area is 130 Å². The molecule has 1 aliphatic rings. The maximum Gasteiger partial charge on any atom is 0.334 e. The van der Waals surface area contributed by atoms with Crippen LogP contribution in [0.2, 0.25) is 0 Å². The number of amides is 2. The van der Waals surface area contributed by atoms with Crippen molar-refractivity contribution in [2.75, 3.05) is 5.75 Å². The maximum absolute atomic E-state index is 11.5. The molecule has 1 aliphatic heterocycles. The Bertz CT molecular complexity index is 532. The monoisotopic (exact) mass is 326 g/mol. The van der Waals surface area contributed by atoms with E-state index in [-0.39, 0.29) is 19.3 Å². The molecule has 0 N–H and O–H groups in total. The zero-order chi connectivity index (χ0) is 15.2.